The summed E-state index contributed by atoms with van der Waals surface area (Å²) in [6.07, 6.45) is 5.50. The van der Waals surface area contributed by atoms with Crippen LogP contribution in [0, 0.1) is 0 Å². The number of hydrogen-bond acceptors (Lipinski definition) is 5. The summed E-state index contributed by atoms with van der Waals surface area (Å²) in [5, 5.41) is 11.4. The van der Waals surface area contributed by atoms with Gasteiger partial charge in [0.1, 0.15) is 4.32 Å². The summed E-state index contributed by atoms with van der Waals surface area (Å²) < 4.78 is 2.15. The number of aryl methyl sites for hydroxylation is 1. The molecule has 1 amide bonds. The number of unbranched alkanes of at least 4 members (excludes halogenated alkanes) is 1. The minimum Gasteiger partial charge on any atom is -0.548 e. The molecule has 22 heavy (non-hydrogen) atoms. The van der Waals surface area contributed by atoms with Crippen LogP contribution >= 0.6 is 24.0 Å². The van der Waals surface area contributed by atoms with Gasteiger partial charge >= 0.3 is 0 Å². The Balaban J connectivity index is 2.26. The lowest BCUT2D eigenvalue weighted by molar-refractivity contribution is -0.310. The Kier molecular flexibility index (Phi) is 5.42. The summed E-state index contributed by atoms with van der Waals surface area (Å²) in [7, 11) is 1.87. The Bertz CT molecular complexity index is 636. The van der Waals surface area contributed by atoms with Gasteiger partial charge in [0.05, 0.1) is 16.9 Å². The molecule has 0 spiro atoms. The lowest BCUT2D eigenvalue weighted by atomic mass is 10.1. The molecule has 1 aliphatic heterocycles. The number of carboxylic acids is 1. The van der Waals surface area contributed by atoms with Gasteiger partial charge in [0.15, 0.2) is 0 Å². The van der Waals surface area contributed by atoms with E-state index in [0.29, 0.717) is 17.7 Å². The number of thiocarbonyl (C=S) groups is 1. The van der Waals surface area contributed by atoms with Gasteiger partial charge in [-0.15, -0.1) is 0 Å². The van der Waals surface area contributed by atoms with E-state index in [4.69, 9.17) is 12.2 Å². The minimum absolute atomic E-state index is 0.274. The molecule has 0 bridgehead atoms. The highest BCUT2D eigenvalue weighted by atomic mass is 32.2. The lowest BCUT2D eigenvalue weighted by Crippen LogP contribution is -2.49. The quantitative estimate of drug-likeness (QED) is 0.582. The third-order valence-electron chi connectivity index (χ3n) is 3.50. The van der Waals surface area contributed by atoms with Gasteiger partial charge in [-0.05, 0) is 24.6 Å². The van der Waals surface area contributed by atoms with Crippen molar-refractivity contribution < 1.29 is 14.7 Å². The third kappa shape index (κ3) is 3.41. The standard InChI is InChI=1S/C15H18N2O3S2/c1-3-4-7-11(14(19)20)17-13(18)12(22-15(17)21)9-10-6-5-8-16(10)2/h5-6,8-9,11H,3-4,7H2,1-2H3,(H,19,20)/p-1/b12-9+/t11-/m1/s1. The summed E-state index contributed by atoms with van der Waals surface area (Å²) in [6.45, 7) is 1.96. The van der Waals surface area contributed by atoms with Gasteiger partial charge in [0.25, 0.3) is 5.91 Å². The van der Waals surface area contributed by atoms with Crippen molar-refractivity contribution in [1.29, 1.82) is 0 Å². The number of aliphatic carboxylic acids is 1. The number of thioether (sulfide) groups is 1. The van der Waals surface area contributed by atoms with Gasteiger partial charge in [-0.25, -0.2) is 0 Å². The van der Waals surface area contributed by atoms with Crippen LogP contribution < -0.4 is 5.11 Å². The summed E-state index contributed by atoms with van der Waals surface area (Å²) >= 11 is 6.33. The van der Waals surface area contributed by atoms with E-state index in [9.17, 15) is 14.7 Å². The van der Waals surface area contributed by atoms with Crippen LogP contribution in [0.25, 0.3) is 6.08 Å². The Morgan fingerprint density at radius 1 is 1.55 bits per heavy atom. The fourth-order valence-corrected chi connectivity index (χ4v) is 3.60. The van der Waals surface area contributed by atoms with E-state index >= 15 is 0 Å². The average molecular weight is 337 g/mol. The van der Waals surface area contributed by atoms with Crippen LogP contribution in [0.1, 0.15) is 31.9 Å². The first kappa shape index (κ1) is 16.8. The molecule has 118 valence electrons. The first-order valence-electron chi connectivity index (χ1n) is 7.05. The molecule has 0 radical (unpaired) electrons. The molecule has 7 heteroatoms. The van der Waals surface area contributed by atoms with Crippen LogP contribution in [0.5, 0.6) is 0 Å². The van der Waals surface area contributed by atoms with Crippen LogP contribution in [-0.4, -0.2) is 31.7 Å². The number of hydrogen-bond donors (Lipinski definition) is 0. The van der Waals surface area contributed by atoms with Gasteiger partial charge in [0.2, 0.25) is 0 Å². The molecule has 1 aliphatic rings. The highest BCUT2D eigenvalue weighted by Crippen LogP contribution is 2.34. The zero-order valence-corrected chi connectivity index (χ0v) is 14.1. The number of amides is 1. The molecule has 2 rings (SSSR count). The first-order chi connectivity index (χ1) is 10.5. The normalized spacial score (nSPS) is 18.3. The van der Waals surface area contributed by atoms with Gasteiger partial charge in [-0.2, -0.15) is 0 Å². The van der Waals surface area contributed by atoms with Crippen LogP contribution in [0.2, 0.25) is 0 Å². The Morgan fingerprint density at radius 2 is 2.27 bits per heavy atom. The van der Waals surface area contributed by atoms with Crippen LogP contribution in [0.15, 0.2) is 23.2 Å². The SMILES string of the molecule is CCCC[C@H](C(=O)[O-])N1C(=O)/C(=C\c2cccn2C)SC1=S. The highest BCUT2D eigenvalue weighted by molar-refractivity contribution is 8.26. The maximum atomic E-state index is 12.5. The van der Waals surface area contributed by atoms with Gasteiger partial charge in [-0.3, -0.25) is 9.69 Å². The smallest absolute Gasteiger partial charge is 0.266 e. The van der Waals surface area contributed by atoms with E-state index in [2.05, 4.69) is 0 Å². The van der Waals surface area contributed by atoms with Crippen molar-refractivity contribution in [1.82, 2.24) is 9.47 Å². The fourth-order valence-electron chi connectivity index (χ4n) is 2.26. The van der Waals surface area contributed by atoms with Crippen LogP contribution in [0.4, 0.5) is 0 Å². The largest absolute Gasteiger partial charge is 0.548 e. The monoisotopic (exact) mass is 337 g/mol. The van der Waals surface area contributed by atoms with Gasteiger partial charge < -0.3 is 14.5 Å². The van der Waals surface area contributed by atoms with Gasteiger partial charge in [0, 0.05) is 18.9 Å². The van der Waals surface area contributed by atoms with Crippen LogP contribution in [-0.2, 0) is 16.6 Å². The molecular weight excluding hydrogens is 320 g/mol. The molecule has 0 aliphatic carbocycles. The number of aromatic nitrogens is 1. The molecule has 5 nitrogen and oxygen atoms in total. The molecule has 1 aromatic rings. The maximum absolute atomic E-state index is 12.5. The van der Waals surface area contributed by atoms with Gasteiger partial charge in [-0.1, -0.05) is 43.7 Å². The zero-order valence-electron chi connectivity index (χ0n) is 12.4. The molecular formula is C15H17N2O3S2-. The van der Waals surface area contributed by atoms with Crippen molar-refractivity contribution in [3.8, 4) is 0 Å². The number of nitrogens with zero attached hydrogens (tertiary/aromatic N) is 2. The Labute approximate surface area is 139 Å². The van der Waals surface area contributed by atoms with E-state index in [1.165, 1.54) is 4.90 Å². The molecule has 1 atom stereocenters. The lowest BCUT2D eigenvalue weighted by Gasteiger charge is -2.27. The van der Waals surface area contributed by atoms with Crippen molar-refractivity contribution in [3.63, 3.8) is 0 Å². The molecule has 0 unspecified atom stereocenters. The molecule has 2 heterocycles. The van der Waals surface area contributed by atoms with Crippen molar-refractivity contribution in [2.75, 3.05) is 0 Å². The summed E-state index contributed by atoms with van der Waals surface area (Å²) in [5.41, 5.74) is 0.860. The molecule has 0 aromatic carbocycles. The fraction of sp³-hybridized carbons (Fsp3) is 0.400. The van der Waals surface area contributed by atoms with E-state index in [-0.39, 0.29) is 10.2 Å². The molecule has 1 aromatic heterocycles. The summed E-state index contributed by atoms with van der Waals surface area (Å²) in [6, 6.07) is 2.75. The second-order valence-electron chi connectivity index (χ2n) is 5.07. The summed E-state index contributed by atoms with van der Waals surface area (Å²) in [4.78, 5) is 25.5. The van der Waals surface area contributed by atoms with Crippen LogP contribution in [0.3, 0.4) is 0 Å². The second kappa shape index (κ2) is 7.11. The maximum Gasteiger partial charge on any atom is 0.266 e. The number of carboxylic acid groups (broad SMARTS) is 1. The van der Waals surface area contributed by atoms with Crippen molar-refractivity contribution in [2.45, 2.75) is 32.2 Å². The predicted molar refractivity (Wildman–Crippen MR) is 88.7 cm³/mol. The topological polar surface area (TPSA) is 65.4 Å². The van der Waals surface area contributed by atoms with E-state index in [1.54, 1.807) is 6.08 Å². The third-order valence-corrected chi connectivity index (χ3v) is 4.83. The van der Waals surface area contributed by atoms with E-state index < -0.39 is 12.0 Å². The second-order valence-corrected chi connectivity index (χ2v) is 6.75. The molecule has 0 N–H and O–H groups in total. The molecule has 1 saturated heterocycles. The first-order valence-corrected chi connectivity index (χ1v) is 8.27. The number of rotatable bonds is 6. The van der Waals surface area contributed by atoms with Crippen molar-refractivity contribution >= 4 is 46.3 Å². The van der Waals surface area contributed by atoms with E-state index in [0.717, 1.165) is 23.9 Å². The highest BCUT2D eigenvalue weighted by Gasteiger charge is 2.37. The van der Waals surface area contributed by atoms with Crippen molar-refractivity contribution in [3.05, 3.63) is 28.9 Å². The Morgan fingerprint density at radius 3 is 2.82 bits per heavy atom. The Hall–Kier alpha value is -1.60. The summed E-state index contributed by atoms with van der Waals surface area (Å²) in [5.74, 6) is -1.62. The number of carbonyl (C=O) groups excluding carboxylic acids is 2. The number of carbonyl (C=O) groups is 2. The molecule has 1 fully saturated rings. The van der Waals surface area contributed by atoms with Crippen molar-refractivity contribution in [2.24, 2.45) is 7.05 Å². The average Bonchev–Trinajstić information content (AvgIpc) is 2.97. The predicted octanol–water partition coefficient (Wildman–Crippen LogP) is 1.53. The zero-order chi connectivity index (χ0) is 16.3. The minimum atomic E-state index is -1.26. The van der Waals surface area contributed by atoms with E-state index in [1.807, 2.05) is 36.9 Å². The molecule has 0 saturated carbocycles.